The number of esters is 1. The number of halogens is 1. The van der Waals surface area contributed by atoms with Crippen LogP contribution in [0.4, 0.5) is 0 Å². The summed E-state index contributed by atoms with van der Waals surface area (Å²) in [7, 11) is 0. The molecule has 0 unspecified atom stereocenters. The van der Waals surface area contributed by atoms with Gasteiger partial charge in [-0.2, -0.15) is 0 Å². The summed E-state index contributed by atoms with van der Waals surface area (Å²) in [4.78, 5) is 34.1. The summed E-state index contributed by atoms with van der Waals surface area (Å²) in [5.41, 5.74) is 3.05. The van der Waals surface area contributed by atoms with Gasteiger partial charge in [0.1, 0.15) is 11.5 Å². The smallest absolute Gasteiger partial charge is 0.338 e. The average Bonchev–Trinajstić information content (AvgIpc) is 3.61. The predicted molar refractivity (Wildman–Crippen MR) is 171 cm³/mol. The second-order valence-corrected chi connectivity index (χ2v) is 12.2. The van der Waals surface area contributed by atoms with E-state index in [9.17, 15) is 9.59 Å². The summed E-state index contributed by atoms with van der Waals surface area (Å²) in [5.74, 6) is 0.736. The second-order valence-electron chi connectivity index (χ2n) is 9.42. The van der Waals surface area contributed by atoms with Crippen LogP contribution in [0.2, 0.25) is 0 Å². The number of carbonyl (C=O) groups excluding carboxylic acids is 1. The number of hydrogen-bond acceptors (Lipinski definition) is 7. The highest BCUT2D eigenvalue weighted by molar-refractivity contribution is 9.10. The molecular weight excluding hydrogens is 632 g/mol. The lowest BCUT2D eigenvalue weighted by molar-refractivity contribution is -0.138. The Hall–Kier alpha value is -3.92. The molecule has 0 saturated heterocycles. The fraction of sp³-hybridized carbons (Fsp3) is 0.121. The van der Waals surface area contributed by atoms with E-state index in [-0.39, 0.29) is 12.2 Å². The lowest BCUT2D eigenvalue weighted by Crippen LogP contribution is -2.40. The molecule has 6 rings (SSSR count). The van der Waals surface area contributed by atoms with Crippen molar-refractivity contribution in [2.24, 2.45) is 4.99 Å². The molecular formula is C33H25BrN2O4S2. The molecule has 3 heterocycles. The molecule has 0 bridgehead atoms. The molecule has 1 aliphatic heterocycles. The Morgan fingerprint density at radius 2 is 1.81 bits per heavy atom. The Morgan fingerprint density at radius 3 is 2.52 bits per heavy atom. The molecule has 1 aliphatic rings. The van der Waals surface area contributed by atoms with Gasteiger partial charge in [-0.25, -0.2) is 9.79 Å². The molecule has 0 aliphatic carbocycles. The Bertz CT molecular complexity index is 1990. The largest absolute Gasteiger partial charge is 0.463 e. The van der Waals surface area contributed by atoms with E-state index in [1.165, 1.54) is 11.3 Å². The van der Waals surface area contributed by atoms with E-state index in [4.69, 9.17) is 14.1 Å². The maximum atomic E-state index is 14.1. The van der Waals surface area contributed by atoms with Crippen LogP contribution in [0, 0.1) is 0 Å². The number of rotatable bonds is 7. The molecule has 1 atom stereocenters. The quantitative estimate of drug-likeness (QED) is 0.144. The highest BCUT2D eigenvalue weighted by Crippen LogP contribution is 2.35. The molecule has 6 nitrogen and oxygen atoms in total. The van der Waals surface area contributed by atoms with Crippen LogP contribution in [0.15, 0.2) is 120 Å². The SMILES string of the molecule is CCOC(=O)C1=C(c2ccccc2)N=c2s/c(=C\c3ccc(-c4cccc(Br)c4)o3)c(=O)n2[C@@H]1c1ccc(SC)cc1. The summed E-state index contributed by atoms with van der Waals surface area (Å²) in [6.07, 6.45) is 3.74. The first-order chi connectivity index (χ1) is 20.5. The van der Waals surface area contributed by atoms with Crippen LogP contribution < -0.4 is 14.9 Å². The molecule has 210 valence electrons. The maximum Gasteiger partial charge on any atom is 0.338 e. The lowest BCUT2D eigenvalue weighted by Gasteiger charge is -2.26. The van der Waals surface area contributed by atoms with Crippen LogP contribution in [-0.4, -0.2) is 23.4 Å². The van der Waals surface area contributed by atoms with Crippen LogP contribution >= 0.6 is 39.0 Å². The van der Waals surface area contributed by atoms with Crippen molar-refractivity contribution in [3.63, 3.8) is 0 Å². The zero-order valence-electron chi connectivity index (χ0n) is 22.7. The zero-order chi connectivity index (χ0) is 29.2. The van der Waals surface area contributed by atoms with E-state index in [2.05, 4.69) is 15.9 Å². The van der Waals surface area contributed by atoms with Crippen LogP contribution in [0.1, 0.15) is 29.9 Å². The molecule has 5 aromatic rings. The van der Waals surface area contributed by atoms with Crippen molar-refractivity contribution in [2.45, 2.75) is 17.9 Å². The van der Waals surface area contributed by atoms with Gasteiger partial charge in [0.2, 0.25) is 0 Å². The number of thiazole rings is 1. The number of fused-ring (bicyclic) bond motifs is 1. The van der Waals surface area contributed by atoms with Crippen molar-refractivity contribution in [3.05, 3.63) is 138 Å². The van der Waals surface area contributed by atoms with Crippen molar-refractivity contribution >= 4 is 56.8 Å². The van der Waals surface area contributed by atoms with Gasteiger partial charge in [-0.05, 0) is 55.1 Å². The lowest BCUT2D eigenvalue weighted by atomic mass is 9.93. The van der Waals surface area contributed by atoms with Crippen LogP contribution in [0.5, 0.6) is 0 Å². The standard InChI is InChI=1S/C33H25BrN2O4S2/c1-3-39-32(38)28-29(20-8-5-4-6-9-20)35-33-36(30(28)21-12-15-25(41-2)16-13-21)31(37)27(42-33)19-24-14-17-26(40-24)22-10-7-11-23(34)18-22/h4-19,30H,3H2,1-2H3/b27-19-/t30-/m1/s1. The number of nitrogens with zero attached hydrogens (tertiary/aromatic N) is 2. The van der Waals surface area contributed by atoms with E-state index >= 15 is 0 Å². The molecule has 0 amide bonds. The van der Waals surface area contributed by atoms with Gasteiger partial charge < -0.3 is 9.15 Å². The normalized spacial score (nSPS) is 14.9. The zero-order valence-corrected chi connectivity index (χ0v) is 26.0. The minimum atomic E-state index is -0.720. The third-order valence-corrected chi connectivity index (χ3v) is 9.03. The average molecular weight is 658 g/mol. The summed E-state index contributed by atoms with van der Waals surface area (Å²) >= 11 is 6.39. The van der Waals surface area contributed by atoms with E-state index in [1.807, 2.05) is 97.3 Å². The molecule has 0 saturated carbocycles. The number of benzene rings is 3. The van der Waals surface area contributed by atoms with Gasteiger partial charge in [0.15, 0.2) is 4.80 Å². The molecule has 0 spiro atoms. The predicted octanol–water partition coefficient (Wildman–Crippen LogP) is 6.68. The highest BCUT2D eigenvalue weighted by Gasteiger charge is 2.35. The fourth-order valence-electron chi connectivity index (χ4n) is 4.90. The number of furan rings is 1. The van der Waals surface area contributed by atoms with Crippen molar-refractivity contribution in [3.8, 4) is 11.3 Å². The number of hydrogen-bond donors (Lipinski definition) is 0. The molecule has 42 heavy (non-hydrogen) atoms. The van der Waals surface area contributed by atoms with E-state index in [0.717, 1.165) is 26.1 Å². The van der Waals surface area contributed by atoms with E-state index in [1.54, 1.807) is 29.3 Å². The first-order valence-electron chi connectivity index (χ1n) is 13.2. The monoisotopic (exact) mass is 656 g/mol. The summed E-state index contributed by atoms with van der Waals surface area (Å²) in [6, 6.07) is 28.3. The van der Waals surface area contributed by atoms with Crippen LogP contribution in [0.25, 0.3) is 23.1 Å². The summed E-state index contributed by atoms with van der Waals surface area (Å²) in [6.45, 7) is 1.97. The van der Waals surface area contributed by atoms with Crippen molar-refractivity contribution in [2.75, 3.05) is 12.9 Å². The van der Waals surface area contributed by atoms with Crippen LogP contribution in [0.3, 0.4) is 0 Å². The minimum absolute atomic E-state index is 0.200. The first kappa shape index (κ1) is 28.2. The molecule has 2 aromatic heterocycles. The van der Waals surface area contributed by atoms with Crippen molar-refractivity contribution in [1.82, 2.24) is 4.57 Å². The molecule has 0 radical (unpaired) electrons. The number of thioether (sulfide) groups is 1. The summed E-state index contributed by atoms with van der Waals surface area (Å²) < 4.78 is 14.6. The summed E-state index contributed by atoms with van der Waals surface area (Å²) in [5, 5.41) is 0. The van der Waals surface area contributed by atoms with Crippen LogP contribution in [-0.2, 0) is 9.53 Å². The third-order valence-electron chi connectivity index (χ3n) is 6.81. The van der Waals surface area contributed by atoms with Gasteiger partial charge in [0, 0.05) is 26.6 Å². The highest BCUT2D eigenvalue weighted by atomic mass is 79.9. The van der Waals surface area contributed by atoms with Gasteiger partial charge >= 0.3 is 5.97 Å². The molecule has 3 aromatic carbocycles. The molecule has 9 heteroatoms. The fourth-order valence-corrected chi connectivity index (χ4v) is 6.69. The van der Waals surface area contributed by atoms with Gasteiger partial charge in [0.25, 0.3) is 5.56 Å². The first-order valence-corrected chi connectivity index (χ1v) is 16.1. The van der Waals surface area contributed by atoms with Crippen molar-refractivity contribution in [1.29, 1.82) is 0 Å². The topological polar surface area (TPSA) is 73.8 Å². The Kier molecular flexibility index (Phi) is 8.15. The Balaban J connectivity index is 1.56. The van der Waals surface area contributed by atoms with E-state index in [0.29, 0.717) is 32.1 Å². The second kappa shape index (κ2) is 12.1. The minimum Gasteiger partial charge on any atom is -0.463 e. The number of ether oxygens (including phenoxy) is 1. The number of aromatic nitrogens is 1. The van der Waals surface area contributed by atoms with Gasteiger partial charge in [-0.3, -0.25) is 9.36 Å². The number of carbonyl (C=O) groups is 1. The van der Waals surface area contributed by atoms with Gasteiger partial charge in [-0.1, -0.05) is 81.9 Å². The molecule has 0 fully saturated rings. The molecule has 0 N–H and O–H groups in total. The van der Waals surface area contributed by atoms with Gasteiger partial charge in [-0.15, -0.1) is 11.8 Å². The maximum absolute atomic E-state index is 14.1. The van der Waals surface area contributed by atoms with Gasteiger partial charge in [0.05, 0.1) is 28.5 Å². The Morgan fingerprint density at radius 1 is 1.05 bits per heavy atom. The Labute approximate surface area is 258 Å². The van der Waals surface area contributed by atoms with E-state index < -0.39 is 12.0 Å². The van der Waals surface area contributed by atoms with Crippen molar-refractivity contribution < 1.29 is 13.9 Å². The third kappa shape index (κ3) is 5.47.